The zero-order valence-corrected chi connectivity index (χ0v) is 15.6. The van der Waals surface area contributed by atoms with Crippen molar-refractivity contribution in [1.29, 1.82) is 0 Å². The van der Waals surface area contributed by atoms with Crippen LogP contribution in [-0.2, 0) is 28.8 Å². The highest BCUT2D eigenvalue weighted by Gasteiger charge is 2.30. The van der Waals surface area contributed by atoms with Crippen LogP contribution in [0, 0.1) is 0 Å². The molecule has 14 nitrogen and oxygen atoms in total. The van der Waals surface area contributed by atoms with Crippen LogP contribution in [0.2, 0.25) is 0 Å². The van der Waals surface area contributed by atoms with Gasteiger partial charge in [0.05, 0.1) is 19.1 Å². The molecule has 0 aromatic heterocycles. The summed E-state index contributed by atoms with van der Waals surface area (Å²) in [5.41, 5.74) is 10.6. The van der Waals surface area contributed by atoms with Crippen molar-refractivity contribution in [3.05, 3.63) is 0 Å². The number of carboxylic acid groups (broad SMARTS) is 2. The number of carbonyl (C=O) groups excluding carboxylic acids is 4. The second kappa shape index (κ2) is 12.2. The molecule has 0 saturated heterocycles. The van der Waals surface area contributed by atoms with Crippen molar-refractivity contribution in [2.45, 2.75) is 50.4 Å². The van der Waals surface area contributed by atoms with Gasteiger partial charge in [0.15, 0.2) is 0 Å². The lowest BCUT2D eigenvalue weighted by atomic mass is 10.1. The summed E-state index contributed by atoms with van der Waals surface area (Å²) in [5.74, 6) is -6.54. The average molecular weight is 419 g/mol. The number of carboxylic acids is 2. The van der Waals surface area contributed by atoms with Crippen molar-refractivity contribution in [2.75, 3.05) is 6.61 Å². The van der Waals surface area contributed by atoms with Gasteiger partial charge in [-0.2, -0.15) is 0 Å². The van der Waals surface area contributed by atoms with Crippen LogP contribution in [0.15, 0.2) is 0 Å². The molecule has 4 unspecified atom stereocenters. The number of carbonyl (C=O) groups is 6. The third-order valence-corrected chi connectivity index (χ3v) is 3.59. The van der Waals surface area contributed by atoms with Gasteiger partial charge in [0, 0.05) is 6.42 Å². The molecule has 0 rings (SSSR count). The predicted molar refractivity (Wildman–Crippen MR) is 94.8 cm³/mol. The van der Waals surface area contributed by atoms with Gasteiger partial charge in [0.1, 0.15) is 18.1 Å². The van der Waals surface area contributed by atoms with E-state index < -0.39 is 79.2 Å². The molecule has 4 amide bonds. The molecule has 10 N–H and O–H groups in total. The van der Waals surface area contributed by atoms with Crippen LogP contribution in [0.5, 0.6) is 0 Å². The number of rotatable bonds is 13. The normalized spacial score (nSPS) is 14.6. The Balaban J connectivity index is 5.10. The van der Waals surface area contributed by atoms with Crippen LogP contribution in [0.25, 0.3) is 0 Å². The average Bonchev–Trinajstić information content (AvgIpc) is 2.62. The molecule has 0 aromatic carbocycles. The third-order valence-electron chi connectivity index (χ3n) is 3.59. The first kappa shape index (κ1) is 25.7. The van der Waals surface area contributed by atoms with E-state index in [9.17, 15) is 33.9 Å². The summed E-state index contributed by atoms with van der Waals surface area (Å²) < 4.78 is 0. The molecule has 0 fully saturated rings. The number of nitrogens with two attached hydrogens (primary N) is 2. The van der Waals surface area contributed by atoms with E-state index in [1.807, 2.05) is 5.32 Å². The Bertz CT molecular complexity index is 654. The fraction of sp³-hybridized carbons (Fsp3) is 0.600. The second-order valence-corrected chi connectivity index (χ2v) is 6.08. The zero-order valence-electron chi connectivity index (χ0n) is 15.6. The molecule has 0 radical (unpaired) electrons. The van der Waals surface area contributed by atoms with E-state index in [-0.39, 0.29) is 6.42 Å². The van der Waals surface area contributed by atoms with Crippen LogP contribution in [0.1, 0.15) is 26.2 Å². The number of hydrogen-bond donors (Lipinski definition) is 8. The van der Waals surface area contributed by atoms with Gasteiger partial charge in [-0.15, -0.1) is 0 Å². The SMILES string of the molecule is CC(NC(=O)C(CO)NC(=O)C(CC(N)=O)NC(=O)C(N)CCC(=O)O)C(=O)O. The van der Waals surface area contributed by atoms with Crippen molar-refractivity contribution in [2.24, 2.45) is 11.5 Å². The first-order valence-corrected chi connectivity index (χ1v) is 8.39. The lowest BCUT2D eigenvalue weighted by molar-refractivity contribution is -0.142. The molecule has 0 aliphatic heterocycles. The largest absolute Gasteiger partial charge is 0.481 e. The highest BCUT2D eigenvalue weighted by atomic mass is 16.4. The molecule has 0 heterocycles. The van der Waals surface area contributed by atoms with Gasteiger partial charge in [-0.25, -0.2) is 0 Å². The second-order valence-electron chi connectivity index (χ2n) is 6.08. The van der Waals surface area contributed by atoms with Crippen LogP contribution in [0.4, 0.5) is 0 Å². The van der Waals surface area contributed by atoms with E-state index in [0.29, 0.717) is 0 Å². The summed E-state index contributed by atoms with van der Waals surface area (Å²) in [7, 11) is 0. The van der Waals surface area contributed by atoms with Gasteiger partial charge in [0.25, 0.3) is 0 Å². The smallest absolute Gasteiger partial charge is 0.325 e. The fourth-order valence-corrected chi connectivity index (χ4v) is 1.94. The molecule has 0 saturated carbocycles. The Labute approximate surface area is 165 Å². The Morgan fingerprint density at radius 3 is 1.86 bits per heavy atom. The quantitative estimate of drug-likeness (QED) is 0.142. The Morgan fingerprint density at radius 2 is 1.41 bits per heavy atom. The van der Waals surface area contributed by atoms with Crippen molar-refractivity contribution >= 4 is 35.6 Å². The third kappa shape index (κ3) is 10.0. The van der Waals surface area contributed by atoms with Crippen molar-refractivity contribution in [3.8, 4) is 0 Å². The van der Waals surface area contributed by atoms with E-state index in [4.69, 9.17) is 21.7 Å². The van der Waals surface area contributed by atoms with Gasteiger partial charge in [-0.1, -0.05) is 0 Å². The summed E-state index contributed by atoms with van der Waals surface area (Å²) in [5, 5.41) is 32.9. The molecule has 0 aromatic rings. The Kier molecular flexibility index (Phi) is 10.9. The maximum Gasteiger partial charge on any atom is 0.325 e. The first-order valence-electron chi connectivity index (χ1n) is 8.39. The van der Waals surface area contributed by atoms with Crippen LogP contribution < -0.4 is 27.4 Å². The number of aliphatic hydroxyl groups excluding tert-OH is 1. The minimum absolute atomic E-state index is 0.235. The maximum absolute atomic E-state index is 12.3. The molecule has 0 aliphatic carbocycles. The van der Waals surface area contributed by atoms with Gasteiger partial charge >= 0.3 is 11.9 Å². The predicted octanol–water partition coefficient (Wildman–Crippen LogP) is -4.39. The summed E-state index contributed by atoms with van der Waals surface area (Å²) in [4.78, 5) is 68.7. The van der Waals surface area contributed by atoms with E-state index in [2.05, 4.69) is 10.6 Å². The Morgan fingerprint density at radius 1 is 0.897 bits per heavy atom. The molecule has 0 bridgehead atoms. The number of aliphatic hydroxyl groups is 1. The lowest BCUT2D eigenvalue weighted by Crippen LogP contribution is -2.58. The minimum atomic E-state index is -1.57. The molecule has 4 atom stereocenters. The van der Waals surface area contributed by atoms with Gasteiger partial charge in [-0.05, 0) is 13.3 Å². The van der Waals surface area contributed by atoms with Gasteiger partial charge in [-0.3, -0.25) is 28.8 Å². The summed E-state index contributed by atoms with van der Waals surface area (Å²) in [6, 6.07) is -5.73. The monoisotopic (exact) mass is 419 g/mol. The summed E-state index contributed by atoms with van der Waals surface area (Å²) in [6.07, 6.45) is -1.31. The maximum atomic E-state index is 12.3. The summed E-state index contributed by atoms with van der Waals surface area (Å²) >= 11 is 0. The molecular weight excluding hydrogens is 394 g/mol. The van der Waals surface area contributed by atoms with Crippen molar-refractivity contribution in [1.82, 2.24) is 16.0 Å². The molecule has 0 aliphatic rings. The number of nitrogens with one attached hydrogen (secondary N) is 3. The summed E-state index contributed by atoms with van der Waals surface area (Å²) in [6.45, 7) is 0.254. The van der Waals surface area contributed by atoms with E-state index in [1.54, 1.807) is 0 Å². The van der Waals surface area contributed by atoms with Gasteiger partial charge in [0.2, 0.25) is 23.6 Å². The lowest BCUT2D eigenvalue weighted by Gasteiger charge is -2.23. The van der Waals surface area contributed by atoms with Crippen LogP contribution in [-0.4, -0.2) is 81.7 Å². The van der Waals surface area contributed by atoms with Crippen LogP contribution in [0.3, 0.4) is 0 Å². The topological polar surface area (TPSA) is 251 Å². The van der Waals surface area contributed by atoms with Gasteiger partial charge < -0.3 is 42.7 Å². The zero-order chi connectivity index (χ0) is 22.7. The van der Waals surface area contributed by atoms with E-state index in [0.717, 1.165) is 6.92 Å². The first-order chi connectivity index (χ1) is 13.4. The van der Waals surface area contributed by atoms with Crippen LogP contribution >= 0.6 is 0 Å². The molecule has 29 heavy (non-hydrogen) atoms. The van der Waals surface area contributed by atoms with E-state index in [1.165, 1.54) is 0 Å². The molecule has 0 spiro atoms. The number of hydrogen-bond acceptors (Lipinski definition) is 8. The standard InChI is InChI=1S/C15H25N5O9/c1-6(15(28)29)18-14(27)9(5-21)20-13(26)8(4-10(17)22)19-12(25)7(16)2-3-11(23)24/h6-9,21H,2-5,16H2,1H3,(H2,17,22)(H,18,27)(H,19,25)(H,20,26)(H,23,24)(H,28,29). The highest BCUT2D eigenvalue weighted by Crippen LogP contribution is 1.99. The Hall–Kier alpha value is -3.26. The molecular formula is C15H25N5O9. The van der Waals surface area contributed by atoms with Crippen molar-refractivity contribution < 1.29 is 44.1 Å². The molecule has 14 heteroatoms. The highest BCUT2D eigenvalue weighted by molar-refractivity contribution is 5.96. The molecule has 164 valence electrons. The van der Waals surface area contributed by atoms with E-state index >= 15 is 0 Å². The minimum Gasteiger partial charge on any atom is -0.481 e. The number of amides is 4. The fourth-order valence-electron chi connectivity index (χ4n) is 1.94. The number of aliphatic carboxylic acids is 2. The number of primary amides is 1. The van der Waals surface area contributed by atoms with Crippen molar-refractivity contribution in [3.63, 3.8) is 0 Å².